The topological polar surface area (TPSA) is 7.76 Å². The first-order valence-corrected chi connectivity index (χ1v) is 17.3. The van der Waals surface area contributed by atoms with Crippen LogP contribution in [0.5, 0.6) is 0 Å². The van der Waals surface area contributed by atoms with Gasteiger partial charge in [-0.2, -0.15) is 0 Å². The fraction of sp³-hybridized carbons (Fsp3) is 0.444. The van der Waals surface area contributed by atoms with E-state index in [0.717, 1.165) is 35.3 Å². The van der Waals surface area contributed by atoms with Crippen LogP contribution in [-0.2, 0) is 13.1 Å². The predicted molar refractivity (Wildman–Crippen MR) is 184 cm³/mol. The number of rotatable bonds is 14. The van der Waals surface area contributed by atoms with Gasteiger partial charge in [0.05, 0.1) is 18.3 Å². The average molecular weight is 759 g/mol. The summed E-state index contributed by atoms with van der Waals surface area (Å²) in [5.74, 6) is 13.4. The van der Waals surface area contributed by atoms with Gasteiger partial charge in [-0.1, -0.05) is 95.0 Å². The van der Waals surface area contributed by atoms with E-state index in [1.54, 1.807) is 0 Å². The standard InChI is InChI=1S/C36H44I2N2/c1-3-5-7-9-11-13-24-39-26-22-33(35(37)29-39)20-18-31-16-15-17-32(28-31)19-21-34-23-27-40(30-36(34)38)25-14-12-10-8-6-4-2/h15-17,22-23,26-30H,3-14,24-25H2,1-2H3/q+2. The van der Waals surface area contributed by atoms with Gasteiger partial charge in [0.15, 0.2) is 24.8 Å². The molecule has 210 valence electrons. The van der Waals surface area contributed by atoms with Crippen molar-refractivity contribution in [3.8, 4) is 23.7 Å². The van der Waals surface area contributed by atoms with Crippen molar-refractivity contribution in [2.45, 2.75) is 104 Å². The number of halogens is 2. The maximum absolute atomic E-state index is 3.37. The number of hydrogen-bond acceptors (Lipinski definition) is 0. The summed E-state index contributed by atoms with van der Waals surface area (Å²) in [7, 11) is 0. The molecule has 0 amide bonds. The second kappa shape index (κ2) is 19.3. The molecule has 4 heteroatoms. The zero-order valence-electron chi connectivity index (χ0n) is 24.3. The lowest BCUT2D eigenvalue weighted by Gasteiger charge is -2.01. The van der Waals surface area contributed by atoms with Crippen LogP contribution in [-0.4, -0.2) is 0 Å². The number of unbranched alkanes of at least 4 members (excludes halogenated alkanes) is 10. The molecule has 2 aromatic heterocycles. The van der Waals surface area contributed by atoms with E-state index in [2.05, 4.69) is 147 Å². The largest absolute Gasteiger partial charge is 0.204 e. The van der Waals surface area contributed by atoms with Crippen LogP contribution in [0.4, 0.5) is 0 Å². The third-order valence-electron chi connectivity index (χ3n) is 7.02. The van der Waals surface area contributed by atoms with Gasteiger partial charge in [-0.3, -0.25) is 0 Å². The molecule has 0 aliphatic carbocycles. The molecule has 0 unspecified atom stereocenters. The number of nitrogens with zero attached hydrogens (tertiary/aromatic N) is 2. The minimum absolute atomic E-state index is 0.992. The number of hydrogen-bond donors (Lipinski definition) is 0. The number of aromatic nitrogens is 2. The highest BCUT2D eigenvalue weighted by Crippen LogP contribution is 2.12. The van der Waals surface area contributed by atoms with Gasteiger partial charge in [0, 0.05) is 36.1 Å². The molecule has 0 bridgehead atoms. The SMILES string of the molecule is CCCCCCCC[n+]1ccc(C#Cc2cccc(C#Cc3cc[n+](CCCCCCCC)cc3I)c2)c(I)c1. The zero-order chi connectivity index (χ0) is 28.4. The second-order valence-corrected chi connectivity index (χ2v) is 12.8. The van der Waals surface area contributed by atoms with Gasteiger partial charge in [0.25, 0.3) is 0 Å². The molecule has 0 aliphatic heterocycles. The molecule has 0 aliphatic rings. The summed E-state index contributed by atoms with van der Waals surface area (Å²) >= 11 is 4.81. The summed E-state index contributed by atoms with van der Waals surface area (Å²) in [4.78, 5) is 0. The molecule has 0 spiro atoms. The van der Waals surface area contributed by atoms with Crippen molar-refractivity contribution in [3.05, 3.63) is 90.6 Å². The Morgan fingerprint density at radius 2 is 0.975 bits per heavy atom. The van der Waals surface area contributed by atoms with Gasteiger partial charge < -0.3 is 0 Å². The zero-order valence-corrected chi connectivity index (χ0v) is 28.6. The lowest BCUT2D eigenvalue weighted by molar-refractivity contribution is -0.698. The minimum Gasteiger partial charge on any atom is -0.204 e. The van der Waals surface area contributed by atoms with Crippen molar-refractivity contribution in [1.82, 2.24) is 0 Å². The summed E-state index contributed by atoms with van der Waals surface area (Å²) in [5, 5.41) is 0. The fourth-order valence-electron chi connectivity index (χ4n) is 4.60. The Morgan fingerprint density at radius 3 is 1.40 bits per heavy atom. The Labute approximate surface area is 270 Å². The fourth-order valence-corrected chi connectivity index (χ4v) is 5.94. The number of benzene rings is 1. The molecule has 0 N–H and O–H groups in total. The summed E-state index contributed by atoms with van der Waals surface area (Å²) in [5.41, 5.74) is 4.13. The van der Waals surface area contributed by atoms with Gasteiger partial charge in [0.1, 0.15) is 13.1 Å². The molecule has 2 nitrogen and oxygen atoms in total. The van der Waals surface area contributed by atoms with Crippen molar-refractivity contribution in [2.75, 3.05) is 0 Å². The van der Waals surface area contributed by atoms with Crippen LogP contribution in [0.3, 0.4) is 0 Å². The predicted octanol–water partition coefficient (Wildman–Crippen LogP) is 8.99. The van der Waals surface area contributed by atoms with Gasteiger partial charge >= 0.3 is 0 Å². The van der Waals surface area contributed by atoms with Crippen LogP contribution in [0.1, 0.15) is 113 Å². The van der Waals surface area contributed by atoms with E-state index in [0.29, 0.717) is 0 Å². The van der Waals surface area contributed by atoms with E-state index < -0.39 is 0 Å². The molecule has 0 radical (unpaired) electrons. The van der Waals surface area contributed by atoms with E-state index in [1.807, 2.05) is 6.07 Å². The van der Waals surface area contributed by atoms with Crippen molar-refractivity contribution in [2.24, 2.45) is 0 Å². The highest BCUT2D eigenvalue weighted by atomic mass is 127. The number of aryl methyl sites for hydroxylation is 2. The highest BCUT2D eigenvalue weighted by molar-refractivity contribution is 14.1. The second-order valence-electron chi connectivity index (χ2n) is 10.5. The Kier molecular flexibility index (Phi) is 15.7. The molecule has 2 heterocycles. The highest BCUT2D eigenvalue weighted by Gasteiger charge is 2.07. The van der Waals surface area contributed by atoms with E-state index in [4.69, 9.17) is 0 Å². The summed E-state index contributed by atoms with van der Waals surface area (Å²) in [6.07, 6.45) is 24.6. The third kappa shape index (κ3) is 12.3. The van der Waals surface area contributed by atoms with Crippen LogP contribution < -0.4 is 9.13 Å². The van der Waals surface area contributed by atoms with Crippen LogP contribution in [0.15, 0.2) is 61.2 Å². The molecule has 1 aromatic carbocycles. The Bertz CT molecular complexity index is 1230. The van der Waals surface area contributed by atoms with Crippen LogP contribution >= 0.6 is 45.2 Å². The van der Waals surface area contributed by atoms with Crippen molar-refractivity contribution >= 4 is 45.2 Å². The first kappa shape index (κ1) is 32.6. The maximum Gasteiger partial charge on any atom is 0.183 e. The summed E-state index contributed by atoms with van der Waals surface area (Å²) in [6, 6.07) is 12.5. The van der Waals surface area contributed by atoms with Crippen molar-refractivity contribution in [1.29, 1.82) is 0 Å². The molecular formula is C36H44I2N2+2. The van der Waals surface area contributed by atoms with Crippen LogP contribution in [0.25, 0.3) is 0 Å². The molecule has 0 saturated carbocycles. The average Bonchev–Trinajstić information content (AvgIpc) is 2.96. The normalized spacial score (nSPS) is 10.5. The maximum atomic E-state index is 3.37. The van der Waals surface area contributed by atoms with E-state index in [1.165, 1.54) is 84.2 Å². The van der Waals surface area contributed by atoms with Crippen LogP contribution in [0, 0.1) is 30.8 Å². The molecule has 3 aromatic rings. The summed E-state index contributed by atoms with van der Waals surface area (Å²) in [6.45, 7) is 6.70. The van der Waals surface area contributed by atoms with Crippen molar-refractivity contribution < 1.29 is 9.13 Å². The lowest BCUT2D eigenvalue weighted by atomic mass is 10.1. The van der Waals surface area contributed by atoms with Gasteiger partial charge in [0.2, 0.25) is 0 Å². The third-order valence-corrected chi connectivity index (χ3v) is 8.74. The molecule has 3 rings (SSSR count). The minimum atomic E-state index is 0.992. The van der Waals surface area contributed by atoms with Gasteiger partial charge in [-0.15, -0.1) is 0 Å². The van der Waals surface area contributed by atoms with E-state index >= 15 is 0 Å². The smallest absolute Gasteiger partial charge is 0.183 e. The van der Waals surface area contributed by atoms with Gasteiger partial charge in [-0.05, 0) is 76.2 Å². The Balaban J connectivity index is 1.56. The molecular weight excluding hydrogens is 714 g/mol. The Morgan fingerprint density at radius 1 is 0.550 bits per heavy atom. The first-order valence-electron chi connectivity index (χ1n) is 15.1. The molecule has 0 saturated heterocycles. The Hall–Kier alpha value is -1.90. The van der Waals surface area contributed by atoms with Gasteiger partial charge in [-0.25, -0.2) is 9.13 Å². The quantitative estimate of drug-likeness (QED) is 0.0672. The van der Waals surface area contributed by atoms with Crippen LogP contribution in [0.2, 0.25) is 0 Å². The van der Waals surface area contributed by atoms with E-state index in [9.17, 15) is 0 Å². The molecule has 0 atom stereocenters. The molecule has 40 heavy (non-hydrogen) atoms. The molecule has 0 fully saturated rings. The lowest BCUT2D eigenvalue weighted by Crippen LogP contribution is -2.33. The van der Waals surface area contributed by atoms with E-state index in [-0.39, 0.29) is 0 Å². The van der Waals surface area contributed by atoms with Crippen molar-refractivity contribution in [3.63, 3.8) is 0 Å². The monoisotopic (exact) mass is 758 g/mol. The number of pyridine rings is 2. The first-order chi connectivity index (χ1) is 19.6. The summed E-state index contributed by atoms with van der Waals surface area (Å²) < 4.78 is 6.98.